The SMILES string of the molecule is CC(C)OC(=O)N1CCC(COc2cnc(N3C[C@H](NCl)[C@@H](c4cc(F)ccc4F)C3)nc2)CC1. The molecule has 0 saturated carbocycles. The zero-order valence-electron chi connectivity index (χ0n) is 19.8. The van der Waals surface area contributed by atoms with E-state index in [0.717, 1.165) is 25.0 Å². The number of ether oxygens (including phenoxy) is 2. The van der Waals surface area contributed by atoms with Gasteiger partial charge in [0.25, 0.3) is 0 Å². The van der Waals surface area contributed by atoms with Gasteiger partial charge in [-0.1, -0.05) is 0 Å². The fraction of sp³-hybridized carbons (Fsp3) is 0.542. The topological polar surface area (TPSA) is 79.8 Å². The van der Waals surface area contributed by atoms with E-state index in [4.69, 9.17) is 21.3 Å². The molecule has 8 nitrogen and oxygen atoms in total. The van der Waals surface area contributed by atoms with Gasteiger partial charge in [-0.3, -0.25) is 0 Å². The van der Waals surface area contributed by atoms with Gasteiger partial charge in [0.05, 0.1) is 25.1 Å². The number of carbonyl (C=O) groups excluding carboxylic acids is 1. The second-order valence-electron chi connectivity index (χ2n) is 9.29. The molecule has 3 heterocycles. The zero-order valence-corrected chi connectivity index (χ0v) is 20.5. The number of hydrogen-bond acceptors (Lipinski definition) is 7. The first-order valence-electron chi connectivity index (χ1n) is 11.8. The van der Waals surface area contributed by atoms with Crippen molar-refractivity contribution >= 4 is 23.8 Å². The van der Waals surface area contributed by atoms with Crippen LogP contribution in [0.5, 0.6) is 5.75 Å². The molecule has 1 N–H and O–H groups in total. The lowest BCUT2D eigenvalue weighted by molar-refractivity contribution is 0.0608. The van der Waals surface area contributed by atoms with Gasteiger partial charge in [-0.2, -0.15) is 0 Å². The van der Waals surface area contributed by atoms with Gasteiger partial charge in [-0.15, -0.1) is 0 Å². The minimum Gasteiger partial charge on any atom is -0.490 e. The average Bonchev–Trinajstić information content (AvgIpc) is 3.29. The molecule has 1 amide bonds. The molecule has 2 aliphatic heterocycles. The van der Waals surface area contributed by atoms with Crippen LogP contribution in [0.25, 0.3) is 0 Å². The van der Waals surface area contributed by atoms with Crippen LogP contribution in [0.3, 0.4) is 0 Å². The standard InChI is InChI=1S/C24H30ClF2N5O3/c1-15(2)35-24(33)31-7-5-16(6-8-31)14-34-18-10-28-23(29-11-18)32-12-20(22(13-32)30-25)19-9-17(26)3-4-21(19)27/h3-4,9-11,15-16,20,22,30H,5-8,12-14H2,1-2H3/t20-,22+/m1/s1. The summed E-state index contributed by atoms with van der Waals surface area (Å²) in [4.78, 5) is 27.1. The Labute approximate surface area is 208 Å². The fourth-order valence-corrected chi connectivity index (χ4v) is 4.73. The Morgan fingerprint density at radius 3 is 2.57 bits per heavy atom. The molecule has 2 saturated heterocycles. The molecule has 35 heavy (non-hydrogen) atoms. The molecule has 0 bridgehead atoms. The van der Waals surface area contributed by atoms with Crippen molar-refractivity contribution in [1.29, 1.82) is 0 Å². The number of amides is 1. The highest BCUT2D eigenvalue weighted by molar-refractivity contribution is 6.13. The van der Waals surface area contributed by atoms with E-state index in [1.165, 1.54) is 6.07 Å². The van der Waals surface area contributed by atoms with E-state index in [0.29, 0.717) is 50.4 Å². The van der Waals surface area contributed by atoms with Crippen LogP contribution in [0.4, 0.5) is 19.5 Å². The molecule has 2 aliphatic rings. The first-order chi connectivity index (χ1) is 16.8. The van der Waals surface area contributed by atoms with Crippen LogP contribution in [0, 0.1) is 17.6 Å². The van der Waals surface area contributed by atoms with Crippen molar-refractivity contribution in [3.63, 3.8) is 0 Å². The number of carbonyl (C=O) groups is 1. The average molecular weight is 510 g/mol. The van der Waals surface area contributed by atoms with Crippen molar-refractivity contribution in [2.45, 2.75) is 44.8 Å². The molecular formula is C24H30ClF2N5O3. The summed E-state index contributed by atoms with van der Waals surface area (Å²) < 4.78 is 39.2. The van der Waals surface area contributed by atoms with Crippen LogP contribution < -0.4 is 14.5 Å². The number of aromatic nitrogens is 2. The molecule has 11 heteroatoms. The molecule has 0 unspecified atom stereocenters. The van der Waals surface area contributed by atoms with E-state index in [9.17, 15) is 13.6 Å². The van der Waals surface area contributed by atoms with Crippen molar-refractivity contribution < 1.29 is 23.0 Å². The van der Waals surface area contributed by atoms with E-state index in [2.05, 4.69) is 14.8 Å². The van der Waals surface area contributed by atoms with Crippen LogP contribution in [0.1, 0.15) is 38.2 Å². The van der Waals surface area contributed by atoms with Crippen LogP contribution in [-0.4, -0.2) is 65.9 Å². The molecule has 2 atom stereocenters. The van der Waals surface area contributed by atoms with Crippen molar-refractivity contribution in [2.24, 2.45) is 5.92 Å². The maximum Gasteiger partial charge on any atom is 0.410 e. The molecule has 0 aliphatic carbocycles. The number of nitrogens with one attached hydrogen (secondary N) is 1. The first kappa shape index (κ1) is 25.4. The molecule has 2 fully saturated rings. The maximum absolute atomic E-state index is 14.3. The molecule has 1 aromatic heterocycles. The summed E-state index contributed by atoms with van der Waals surface area (Å²) in [5.74, 6) is 0.0229. The van der Waals surface area contributed by atoms with Crippen molar-refractivity contribution in [1.82, 2.24) is 19.7 Å². The highest BCUT2D eigenvalue weighted by atomic mass is 35.5. The van der Waals surface area contributed by atoms with Crippen LogP contribution in [-0.2, 0) is 4.74 Å². The third-order valence-corrected chi connectivity index (χ3v) is 6.69. The lowest BCUT2D eigenvalue weighted by Crippen LogP contribution is -2.40. The van der Waals surface area contributed by atoms with E-state index >= 15 is 0 Å². The van der Waals surface area contributed by atoms with E-state index in [1.807, 2.05) is 18.7 Å². The van der Waals surface area contributed by atoms with E-state index < -0.39 is 11.6 Å². The summed E-state index contributed by atoms with van der Waals surface area (Å²) in [6.45, 7) is 6.32. The van der Waals surface area contributed by atoms with Crippen LogP contribution in [0.2, 0.25) is 0 Å². The normalized spacial score (nSPS) is 21.0. The second-order valence-corrected chi connectivity index (χ2v) is 9.50. The summed E-state index contributed by atoms with van der Waals surface area (Å²) in [5, 5.41) is 0. The Bertz CT molecular complexity index is 1010. The van der Waals surface area contributed by atoms with Gasteiger partial charge >= 0.3 is 6.09 Å². The smallest absolute Gasteiger partial charge is 0.410 e. The predicted octanol–water partition coefficient (Wildman–Crippen LogP) is 4.11. The largest absolute Gasteiger partial charge is 0.490 e. The van der Waals surface area contributed by atoms with Gasteiger partial charge in [0, 0.05) is 38.1 Å². The number of halogens is 3. The fourth-order valence-electron chi connectivity index (χ4n) is 4.51. The maximum atomic E-state index is 14.3. The lowest BCUT2D eigenvalue weighted by atomic mass is 9.94. The summed E-state index contributed by atoms with van der Waals surface area (Å²) in [7, 11) is 0. The van der Waals surface area contributed by atoms with E-state index in [1.54, 1.807) is 17.3 Å². The third-order valence-electron chi connectivity index (χ3n) is 6.41. The molecule has 2 aromatic rings. The Morgan fingerprint density at radius 1 is 1.20 bits per heavy atom. The van der Waals surface area contributed by atoms with Crippen molar-refractivity contribution in [3.8, 4) is 5.75 Å². The second kappa shape index (κ2) is 11.3. The highest BCUT2D eigenvalue weighted by Crippen LogP contribution is 2.32. The van der Waals surface area contributed by atoms with Crippen LogP contribution in [0.15, 0.2) is 30.6 Å². The lowest BCUT2D eigenvalue weighted by Gasteiger charge is -2.31. The molecule has 0 radical (unpaired) electrons. The monoisotopic (exact) mass is 509 g/mol. The number of hydrogen-bond donors (Lipinski definition) is 1. The van der Waals surface area contributed by atoms with Gasteiger partial charge < -0.3 is 19.3 Å². The van der Waals surface area contributed by atoms with Crippen molar-refractivity contribution in [3.05, 3.63) is 47.8 Å². The predicted molar refractivity (Wildman–Crippen MR) is 128 cm³/mol. The highest BCUT2D eigenvalue weighted by Gasteiger charge is 2.36. The van der Waals surface area contributed by atoms with Gasteiger partial charge in [-0.05, 0) is 68.1 Å². The molecule has 1 aromatic carbocycles. The Hall–Kier alpha value is -2.72. The summed E-state index contributed by atoms with van der Waals surface area (Å²) in [6, 6.07) is 3.14. The van der Waals surface area contributed by atoms with E-state index in [-0.39, 0.29) is 29.7 Å². The van der Waals surface area contributed by atoms with Gasteiger partial charge in [0.2, 0.25) is 5.95 Å². The molecular weight excluding hydrogens is 480 g/mol. The quantitative estimate of drug-likeness (QED) is 0.563. The Kier molecular flexibility index (Phi) is 8.22. The number of rotatable bonds is 7. The number of benzene rings is 1. The minimum absolute atomic E-state index is 0.127. The number of nitrogens with zero attached hydrogens (tertiary/aromatic N) is 4. The van der Waals surface area contributed by atoms with Crippen molar-refractivity contribution in [2.75, 3.05) is 37.7 Å². The summed E-state index contributed by atoms with van der Waals surface area (Å²) >= 11 is 5.90. The molecule has 4 rings (SSSR count). The van der Waals surface area contributed by atoms with Crippen LogP contribution >= 0.6 is 11.8 Å². The number of piperidine rings is 1. The Balaban J connectivity index is 1.29. The number of likely N-dealkylation sites (tertiary alicyclic amines) is 1. The first-order valence-corrected chi connectivity index (χ1v) is 12.2. The zero-order chi connectivity index (χ0) is 24.9. The summed E-state index contributed by atoms with van der Waals surface area (Å²) in [6.07, 6.45) is 4.50. The summed E-state index contributed by atoms with van der Waals surface area (Å²) in [5.41, 5.74) is 0.272. The van der Waals surface area contributed by atoms with Gasteiger partial charge in [0.1, 0.15) is 11.6 Å². The number of anilines is 1. The Morgan fingerprint density at radius 2 is 1.91 bits per heavy atom. The molecule has 0 spiro atoms. The third kappa shape index (κ3) is 6.29. The van der Waals surface area contributed by atoms with Gasteiger partial charge in [-0.25, -0.2) is 28.4 Å². The minimum atomic E-state index is -0.493. The molecule has 190 valence electrons. The van der Waals surface area contributed by atoms with Gasteiger partial charge in [0.15, 0.2) is 5.75 Å².